The number of sulfonamides is 1. The van der Waals surface area contributed by atoms with Gasteiger partial charge in [-0.3, -0.25) is 14.6 Å². The normalized spacial score (nSPS) is 25.6. The molecular weight excluding hydrogens is 501 g/mol. The summed E-state index contributed by atoms with van der Waals surface area (Å²) in [6.07, 6.45) is 1.78. The lowest BCUT2D eigenvalue weighted by atomic mass is 9.86. The number of amides is 1. The molecule has 2 aromatic carbocycles. The molecule has 2 aromatic rings. The minimum absolute atomic E-state index is 0.0251. The van der Waals surface area contributed by atoms with Gasteiger partial charge in [-0.25, -0.2) is 17.6 Å². The van der Waals surface area contributed by atoms with Crippen LogP contribution in [-0.2, 0) is 26.1 Å². The highest BCUT2D eigenvalue weighted by molar-refractivity contribution is 7.89. The van der Waals surface area contributed by atoms with Crippen LogP contribution in [0.4, 0.5) is 14.9 Å². The van der Waals surface area contributed by atoms with Crippen LogP contribution in [0.2, 0.25) is 0 Å². The summed E-state index contributed by atoms with van der Waals surface area (Å²) < 4.78 is 47.8. The van der Waals surface area contributed by atoms with E-state index >= 15 is 0 Å². The Bertz CT molecular complexity index is 1260. The number of hydrogen-bond donors (Lipinski definition) is 1. The fourth-order valence-corrected chi connectivity index (χ4v) is 7.17. The Morgan fingerprint density at radius 3 is 2.35 bits per heavy atom. The number of carbonyl (C=O) groups excluding carboxylic acids is 1. The zero-order valence-electron chi connectivity index (χ0n) is 20.3. The summed E-state index contributed by atoms with van der Waals surface area (Å²) in [5.41, 5.74) is 0.649. The smallest absolute Gasteiger partial charge is 0.415 e. The highest BCUT2D eigenvalue weighted by atomic mass is 32.2. The van der Waals surface area contributed by atoms with Gasteiger partial charge in [0.05, 0.1) is 17.1 Å². The molecular formula is C26H30FN3O6S. The Morgan fingerprint density at radius 2 is 1.73 bits per heavy atom. The maximum absolute atomic E-state index is 14.7. The summed E-state index contributed by atoms with van der Waals surface area (Å²) in [7, 11) is -3.99. The lowest BCUT2D eigenvalue weighted by Gasteiger charge is -2.44. The van der Waals surface area contributed by atoms with Gasteiger partial charge in [-0.15, -0.1) is 0 Å². The van der Waals surface area contributed by atoms with Crippen molar-refractivity contribution in [2.75, 3.05) is 31.1 Å². The molecule has 4 heterocycles. The van der Waals surface area contributed by atoms with E-state index in [2.05, 4.69) is 4.90 Å². The zero-order chi connectivity index (χ0) is 26.2. The van der Waals surface area contributed by atoms with Crippen LogP contribution >= 0.6 is 0 Å². The number of benzene rings is 2. The van der Waals surface area contributed by atoms with E-state index in [-0.39, 0.29) is 36.2 Å². The number of piperidine rings is 3. The summed E-state index contributed by atoms with van der Waals surface area (Å²) in [6.45, 7) is 2.78. The molecule has 1 N–H and O–H groups in total. The predicted octanol–water partition coefficient (Wildman–Crippen LogP) is 3.30. The lowest BCUT2D eigenvalue weighted by molar-refractivity contribution is -0.140. The second-order valence-electron chi connectivity index (χ2n) is 9.85. The van der Waals surface area contributed by atoms with E-state index in [0.717, 1.165) is 30.2 Å². The third kappa shape index (κ3) is 5.21. The SMILES string of the molecule is O=C(O)[C@@H]1CCCN1S(=O)(=O)c1ccc(CN(C(=O)O[C@H]2CN3CCC2CC3)c2ccccc2F)cc1. The van der Waals surface area contributed by atoms with Crippen LogP contribution in [0.5, 0.6) is 0 Å². The standard InChI is InChI=1S/C26H30FN3O6S/c27-21-4-1-2-5-22(21)29(26(33)36-24-17-28-14-11-19(24)12-15-28)16-18-7-9-20(10-8-18)37(34,35)30-13-3-6-23(30)25(31)32/h1-2,4-5,7-10,19,23-24H,3,6,11-17H2,(H,31,32)/t23-,24-/m0/s1. The van der Waals surface area contributed by atoms with E-state index in [0.29, 0.717) is 24.4 Å². The third-order valence-electron chi connectivity index (χ3n) is 7.57. The van der Waals surface area contributed by atoms with Crippen LogP contribution in [0.1, 0.15) is 31.2 Å². The van der Waals surface area contributed by atoms with Crippen LogP contribution in [0, 0.1) is 11.7 Å². The molecule has 4 aliphatic rings. The summed E-state index contributed by atoms with van der Waals surface area (Å²) in [5.74, 6) is -1.44. The first-order valence-corrected chi connectivity index (χ1v) is 14.0. The largest absolute Gasteiger partial charge is 0.480 e. The fourth-order valence-electron chi connectivity index (χ4n) is 5.52. The second kappa shape index (κ2) is 10.4. The Kier molecular flexibility index (Phi) is 7.19. The first-order chi connectivity index (χ1) is 17.7. The third-order valence-corrected chi connectivity index (χ3v) is 9.49. The van der Waals surface area contributed by atoms with Gasteiger partial charge in [0, 0.05) is 13.1 Å². The molecule has 6 rings (SSSR count). The maximum atomic E-state index is 14.7. The number of halogens is 1. The van der Waals surface area contributed by atoms with E-state index in [1.807, 2.05) is 0 Å². The number of carbonyl (C=O) groups is 2. The molecule has 0 unspecified atom stereocenters. The van der Waals surface area contributed by atoms with Gasteiger partial charge in [0.1, 0.15) is 18.0 Å². The van der Waals surface area contributed by atoms with Gasteiger partial charge in [0.25, 0.3) is 0 Å². The highest BCUT2D eigenvalue weighted by Crippen LogP contribution is 2.32. The molecule has 9 nitrogen and oxygen atoms in total. The van der Waals surface area contributed by atoms with Crippen LogP contribution in [0.25, 0.3) is 0 Å². The Hall–Kier alpha value is -3.02. The van der Waals surface area contributed by atoms with Gasteiger partial charge in [-0.05, 0) is 74.5 Å². The second-order valence-corrected chi connectivity index (χ2v) is 11.7. The molecule has 2 atom stereocenters. The van der Waals surface area contributed by atoms with Crippen LogP contribution < -0.4 is 4.90 Å². The van der Waals surface area contributed by atoms with Gasteiger partial charge in [-0.2, -0.15) is 4.31 Å². The molecule has 198 valence electrons. The van der Waals surface area contributed by atoms with Crippen molar-refractivity contribution in [2.45, 2.75) is 49.3 Å². The number of carboxylic acids is 1. The molecule has 2 bridgehead atoms. The maximum Gasteiger partial charge on any atom is 0.415 e. The highest BCUT2D eigenvalue weighted by Gasteiger charge is 2.40. The number of anilines is 1. The number of hydrogen-bond acceptors (Lipinski definition) is 6. The average Bonchev–Trinajstić information content (AvgIpc) is 3.40. The molecule has 0 radical (unpaired) electrons. The van der Waals surface area contributed by atoms with Crippen molar-refractivity contribution in [3.05, 3.63) is 59.9 Å². The minimum atomic E-state index is -3.99. The van der Waals surface area contributed by atoms with E-state index in [9.17, 15) is 27.5 Å². The summed E-state index contributed by atoms with van der Waals surface area (Å²) in [5, 5.41) is 9.38. The molecule has 0 saturated carbocycles. The minimum Gasteiger partial charge on any atom is -0.480 e. The molecule has 0 aliphatic carbocycles. The molecule has 11 heteroatoms. The Labute approximate surface area is 215 Å². The van der Waals surface area contributed by atoms with Gasteiger partial charge in [0.2, 0.25) is 10.0 Å². The van der Waals surface area contributed by atoms with Gasteiger partial charge < -0.3 is 9.84 Å². The van der Waals surface area contributed by atoms with Gasteiger partial charge >= 0.3 is 12.1 Å². The monoisotopic (exact) mass is 531 g/mol. The Morgan fingerprint density at radius 1 is 1.03 bits per heavy atom. The van der Waals surface area contributed by atoms with E-state index in [1.54, 1.807) is 18.2 Å². The Balaban J connectivity index is 1.36. The summed E-state index contributed by atoms with van der Waals surface area (Å²) >= 11 is 0. The zero-order valence-corrected chi connectivity index (χ0v) is 21.1. The molecule has 4 aliphatic heterocycles. The van der Waals surface area contributed by atoms with Crippen molar-refractivity contribution in [1.29, 1.82) is 0 Å². The first kappa shape index (κ1) is 25.6. The summed E-state index contributed by atoms with van der Waals surface area (Å²) in [6, 6.07) is 10.8. The van der Waals surface area contributed by atoms with Crippen molar-refractivity contribution >= 4 is 27.8 Å². The van der Waals surface area contributed by atoms with Gasteiger partial charge in [0.15, 0.2) is 0 Å². The van der Waals surface area contributed by atoms with Crippen LogP contribution in [-0.4, -0.2) is 73.1 Å². The molecule has 0 spiro atoms. The summed E-state index contributed by atoms with van der Waals surface area (Å²) in [4.78, 5) is 28.3. The average molecular weight is 532 g/mol. The molecule has 0 aromatic heterocycles. The van der Waals surface area contributed by atoms with Crippen LogP contribution in [0.3, 0.4) is 0 Å². The van der Waals surface area contributed by atoms with E-state index < -0.39 is 33.9 Å². The molecule has 4 fully saturated rings. The molecule has 1 amide bonds. The quantitative estimate of drug-likeness (QED) is 0.584. The molecule has 37 heavy (non-hydrogen) atoms. The number of para-hydroxylation sites is 1. The number of aliphatic carboxylic acids is 1. The number of ether oxygens (including phenoxy) is 1. The fraction of sp³-hybridized carbons (Fsp3) is 0.462. The number of nitrogens with zero attached hydrogens (tertiary/aromatic N) is 3. The number of carboxylic acid groups (broad SMARTS) is 1. The van der Waals surface area contributed by atoms with Crippen molar-refractivity contribution in [3.8, 4) is 0 Å². The predicted molar refractivity (Wildman–Crippen MR) is 133 cm³/mol. The molecule has 4 saturated heterocycles. The van der Waals surface area contributed by atoms with Gasteiger partial charge in [-0.1, -0.05) is 24.3 Å². The topological polar surface area (TPSA) is 107 Å². The lowest BCUT2D eigenvalue weighted by Crippen LogP contribution is -2.53. The van der Waals surface area contributed by atoms with Crippen molar-refractivity contribution < 1.29 is 32.2 Å². The number of rotatable bonds is 7. The van der Waals surface area contributed by atoms with Crippen molar-refractivity contribution in [2.24, 2.45) is 5.92 Å². The van der Waals surface area contributed by atoms with E-state index in [4.69, 9.17) is 4.74 Å². The number of fused-ring (bicyclic) bond motifs is 3. The van der Waals surface area contributed by atoms with Crippen molar-refractivity contribution in [1.82, 2.24) is 9.21 Å². The first-order valence-electron chi connectivity index (χ1n) is 12.5. The van der Waals surface area contributed by atoms with Crippen LogP contribution in [0.15, 0.2) is 53.4 Å². The van der Waals surface area contributed by atoms with Crippen molar-refractivity contribution in [3.63, 3.8) is 0 Å². The van der Waals surface area contributed by atoms with E-state index in [1.165, 1.54) is 35.2 Å².